The standard InChI is InChI=1S/C63H99NO11/c1-7-11-15-19-21-25-34-49(32-23-17-13-9-3)45-71-56(65)40-31-41-58(67)75-61(62(70)64-43-42-57(66)73-47-55-53-38-29-27-36-51(53)52-37-28-30-39-54(52)55)63(5,6)48-74-60(69)44-59(68)72-46-50(33-24-18-14-10-4)35-26-22-20-16-12-8-2/h27-30,36-39,49-50,55,61H,7-26,31-35,40-48H2,1-6H3,(H,64,70). The Morgan fingerprint density at radius 2 is 0.893 bits per heavy atom. The second kappa shape index (κ2) is 38.7. The van der Waals surface area contributed by atoms with Crippen molar-refractivity contribution >= 4 is 35.8 Å². The van der Waals surface area contributed by atoms with Crippen molar-refractivity contribution in [1.29, 1.82) is 0 Å². The molecule has 0 heterocycles. The van der Waals surface area contributed by atoms with Gasteiger partial charge in [-0.3, -0.25) is 28.8 Å². The number of rotatable bonds is 44. The Balaban J connectivity index is 1.58. The number of amides is 1. The van der Waals surface area contributed by atoms with E-state index in [1.54, 1.807) is 13.8 Å². The van der Waals surface area contributed by atoms with Crippen molar-refractivity contribution in [2.24, 2.45) is 17.3 Å². The highest BCUT2D eigenvalue weighted by molar-refractivity contribution is 5.91. The molecule has 3 unspecified atom stereocenters. The second-order valence-electron chi connectivity index (χ2n) is 21.9. The first-order chi connectivity index (χ1) is 36.3. The molecule has 3 rings (SSSR count). The first-order valence-corrected chi connectivity index (χ1v) is 29.6. The third-order valence-corrected chi connectivity index (χ3v) is 14.7. The number of benzene rings is 2. The summed E-state index contributed by atoms with van der Waals surface area (Å²) in [7, 11) is 0. The molecule has 1 aliphatic carbocycles. The number of hydrogen-bond donors (Lipinski definition) is 1. The average Bonchev–Trinajstić information content (AvgIpc) is 3.72. The van der Waals surface area contributed by atoms with Crippen LogP contribution in [0, 0.1) is 17.3 Å². The molecule has 2 aromatic carbocycles. The Bertz CT molecular complexity index is 1900. The summed E-state index contributed by atoms with van der Waals surface area (Å²) in [6, 6.07) is 16.1. The first-order valence-electron chi connectivity index (χ1n) is 29.6. The Hall–Kier alpha value is -4.74. The van der Waals surface area contributed by atoms with Gasteiger partial charge in [0.25, 0.3) is 5.91 Å². The molecule has 0 aliphatic heterocycles. The zero-order valence-electron chi connectivity index (χ0n) is 47.5. The van der Waals surface area contributed by atoms with Gasteiger partial charge >= 0.3 is 29.8 Å². The Kier molecular flexibility index (Phi) is 33.3. The van der Waals surface area contributed by atoms with E-state index in [1.807, 2.05) is 36.4 Å². The Morgan fingerprint density at radius 3 is 1.40 bits per heavy atom. The molecule has 1 amide bonds. The lowest BCUT2D eigenvalue weighted by atomic mass is 9.86. The predicted molar refractivity (Wildman–Crippen MR) is 298 cm³/mol. The molecule has 0 radical (unpaired) electrons. The lowest BCUT2D eigenvalue weighted by Gasteiger charge is -2.32. The minimum atomic E-state index is -1.45. The maximum absolute atomic E-state index is 13.9. The van der Waals surface area contributed by atoms with Gasteiger partial charge < -0.3 is 29.0 Å². The molecule has 0 bridgehead atoms. The molecule has 0 saturated carbocycles. The fourth-order valence-electron chi connectivity index (χ4n) is 10.0. The third kappa shape index (κ3) is 26.7. The molecule has 422 valence electrons. The van der Waals surface area contributed by atoms with Crippen molar-refractivity contribution < 1.29 is 52.5 Å². The number of fused-ring (bicyclic) bond motifs is 3. The summed E-state index contributed by atoms with van der Waals surface area (Å²) in [4.78, 5) is 79.4. The van der Waals surface area contributed by atoms with Crippen molar-refractivity contribution in [3.63, 3.8) is 0 Å². The quantitative estimate of drug-likeness (QED) is 0.0291. The molecule has 3 atom stereocenters. The average molecular weight is 1050 g/mol. The van der Waals surface area contributed by atoms with Crippen LogP contribution in [0.2, 0.25) is 0 Å². The second-order valence-corrected chi connectivity index (χ2v) is 21.9. The zero-order valence-corrected chi connectivity index (χ0v) is 47.5. The van der Waals surface area contributed by atoms with Crippen LogP contribution in [-0.4, -0.2) is 74.8 Å². The number of carbonyl (C=O) groups excluding carboxylic acids is 6. The van der Waals surface area contributed by atoms with E-state index in [0.29, 0.717) is 12.5 Å². The van der Waals surface area contributed by atoms with Crippen LogP contribution in [-0.2, 0) is 52.5 Å². The molecule has 0 spiro atoms. The minimum Gasteiger partial charge on any atom is -0.465 e. The normalized spacial score (nSPS) is 13.3. The van der Waals surface area contributed by atoms with E-state index in [-0.39, 0.29) is 69.9 Å². The SMILES string of the molecule is CCCCCCCCC(CCCCCC)COC(=O)CCCC(=O)OC(C(=O)NCCC(=O)OCC1c2ccccc2-c2ccccc21)C(C)(C)COC(=O)CC(=O)OCC(CCCCCC)CCCCCCCC. The van der Waals surface area contributed by atoms with E-state index >= 15 is 0 Å². The van der Waals surface area contributed by atoms with Gasteiger partial charge in [-0.2, -0.15) is 0 Å². The van der Waals surface area contributed by atoms with E-state index in [1.165, 1.54) is 77.0 Å². The molecule has 12 heteroatoms. The van der Waals surface area contributed by atoms with Crippen LogP contribution in [0.5, 0.6) is 0 Å². The first kappa shape index (κ1) is 64.5. The highest BCUT2D eigenvalue weighted by Gasteiger charge is 2.40. The molecule has 0 saturated heterocycles. The summed E-state index contributed by atoms with van der Waals surface area (Å²) in [6.07, 6.45) is 25.4. The molecule has 1 aliphatic rings. The molecule has 0 fully saturated rings. The van der Waals surface area contributed by atoms with Crippen LogP contribution in [0.15, 0.2) is 48.5 Å². The van der Waals surface area contributed by atoms with Crippen molar-refractivity contribution in [3.05, 3.63) is 59.7 Å². The van der Waals surface area contributed by atoms with Gasteiger partial charge in [0, 0.05) is 30.7 Å². The van der Waals surface area contributed by atoms with Crippen molar-refractivity contribution in [1.82, 2.24) is 5.32 Å². The highest BCUT2D eigenvalue weighted by Crippen LogP contribution is 2.44. The highest BCUT2D eigenvalue weighted by atomic mass is 16.6. The zero-order chi connectivity index (χ0) is 54.5. The van der Waals surface area contributed by atoms with E-state index in [9.17, 15) is 28.8 Å². The van der Waals surface area contributed by atoms with Crippen LogP contribution in [0.3, 0.4) is 0 Å². The van der Waals surface area contributed by atoms with Crippen LogP contribution in [0.25, 0.3) is 11.1 Å². The van der Waals surface area contributed by atoms with Gasteiger partial charge in [-0.15, -0.1) is 0 Å². The van der Waals surface area contributed by atoms with Crippen LogP contribution < -0.4 is 5.32 Å². The predicted octanol–water partition coefficient (Wildman–Crippen LogP) is 14.7. The molecular formula is C63H99NO11. The number of carbonyl (C=O) groups is 6. The topological polar surface area (TPSA) is 161 Å². The minimum absolute atomic E-state index is 0.0153. The van der Waals surface area contributed by atoms with Gasteiger partial charge in [-0.05, 0) is 66.2 Å². The van der Waals surface area contributed by atoms with Crippen LogP contribution >= 0.6 is 0 Å². The number of nitrogens with one attached hydrogen (secondary N) is 1. The van der Waals surface area contributed by atoms with E-state index in [2.05, 4.69) is 45.1 Å². The summed E-state index contributed by atoms with van der Waals surface area (Å²) in [6.45, 7) is 12.3. The van der Waals surface area contributed by atoms with Gasteiger partial charge in [-0.1, -0.05) is 218 Å². The number of esters is 5. The van der Waals surface area contributed by atoms with Gasteiger partial charge in [0.1, 0.15) is 19.6 Å². The fourth-order valence-corrected chi connectivity index (χ4v) is 10.0. The van der Waals surface area contributed by atoms with Gasteiger partial charge in [-0.25, -0.2) is 0 Å². The molecule has 2 aromatic rings. The van der Waals surface area contributed by atoms with E-state index in [0.717, 1.165) is 99.3 Å². The Morgan fingerprint density at radius 1 is 0.480 bits per heavy atom. The summed E-state index contributed by atoms with van der Waals surface area (Å²) < 4.78 is 28.5. The van der Waals surface area contributed by atoms with Crippen molar-refractivity contribution in [2.75, 3.05) is 33.0 Å². The maximum Gasteiger partial charge on any atom is 0.317 e. The van der Waals surface area contributed by atoms with E-state index < -0.39 is 47.7 Å². The van der Waals surface area contributed by atoms with Crippen LogP contribution in [0.1, 0.15) is 245 Å². The maximum atomic E-state index is 13.9. The lowest BCUT2D eigenvalue weighted by Crippen LogP contribution is -2.49. The van der Waals surface area contributed by atoms with Crippen LogP contribution in [0.4, 0.5) is 0 Å². The third-order valence-electron chi connectivity index (χ3n) is 14.7. The van der Waals surface area contributed by atoms with Crippen molar-refractivity contribution in [2.45, 2.75) is 240 Å². The Labute approximate surface area is 452 Å². The summed E-state index contributed by atoms with van der Waals surface area (Å²) in [5.74, 6) is -3.37. The summed E-state index contributed by atoms with van der Waals surface area (Å²) >= 11 is 0. The molecule has 12 nitrogen and oxygen atoms in total. The molecule has 0 aromatic heterocycles. The monoisotopic (exact) mass is 1050 g/mol. The largest absolute Gasteiger partial charge is 0.465 e. The summed E-state index contributed by atoms with van der Waals surface area (Å²) in [5.41, 5.74) is 3.12. The molecular weight excluding hydrogens is 947 g/mol. The number of ether oxygens (including phenoxy) is 5. The molecule has 75 heavy (non-hydrogen) atoms. The van der Waals surface area contributed by atoms with Gasteiger partial charge in [0.2, 0.25) is 0 Å². The number of hydrogen-bond acceptors (Lipinski definition) is 11. The molecule has 1 N–H and O–H groups in total. The smallest absolute Gasteiger partial charge is 0.317 e. The lowest BCUT2D eigenvalue weighted by molar-refractivity contribution is -0.170. The van der Waals surface area contributed by atoms with Gasteiger partial charge in [0.05, 0.1) is 19.6 Å². The fraction of sp³-hybridized carbons (Fsp3) is 0.714. The van der Waals surface area contributed by atoms with Gasteiger partial charge in [0.15, 0.2) is 6.10 Å². The van der Waals surface area contributed by atoms with Crippen molar-refractivity contribution in [3.8, 4) is 11.1 Å². The number of unbranched alkanes of at least 4 members (excludes halogenated alkanes) is 16. The summed E-state index contributed by atoms with van der Waals surface area (Å²) in [5, 5.41) is 2.72. The van der Waals surface area contributed by atoms with E-state index in [4.69, 9.17) is 23.7 Å².